The number of carbonyl (C=O) groups is 2. The number of amides is 2. The second-order valence-electron chi connectivity index (χ2n) is 9.97. The van der Waals surface area contributed by atoms with Gasteiger partial charge in [-0.05, 0) is 82.1 Å². The minimum Gasteiger partial charge on any atom is -0.478 e. The zero-order chi connectivity index (χ0) is 20.7. The molecule has 1 aliphatic heterocycles. The summed E-state index contributed by atoms with van der Waals surface area (Å²) in [5.74, 6) is 2.99. The van der Waals surface area contributed by atoms with Gasteiger partial charge in [-0.3, -0.25) is 9.59 Å². The molecule has 1 N–H and O–H groups in total. The zero-order valence-electron chi connectivity index (χ0n) is 17.9. The fourth-order valence-electron chi connectivity index (χ4n) is 7.09. The van der Waals surface area contributed by atoms with Gasteiger partial charge in [0.25, 0.3) is 0 Å². The quantitative estimate of drug-likeness (QED) is 0.780. The van der Waals surface area contributed by atoms with Crippen LogP contribution >= 0.6 is 0 Å². The van der Waals surface area contributed by atoms with E-state index in [9.17, 15) is 9.59 Å². The molecular formula is C24H33N3O3. The van der Waals surface area contributed by atoms with Gasteiger partial charge >= 0.3 is 0 Å². The summed E-state index contributed by atoms with van der Waals surface area (Å²) in [7, 11) is 0. The van der Waals surface area contributed by atoms with Crippen LogP contribution in [0, 0.1) is 23.2 Å². The van der Waals surface area contributed by atoms with E-state index in [0.29, 0.717) is 19.0 Å². The number of rotatable bonds is 6. The summed E-state index contributed by atoms with van der Waals surface area (Å²) in [5.41, 5.74) is 0.688. The minimum atomic E-state index is -0.335. The Balaban J connectivity index is 1.26. The molecule has 0 aromatic carbocycles. The lowest BCUT2D eigenvalue weighted by molar-refractivity contribution is -0.160. The molecule has 4 saturated carbocycles. The van der Waals surface area contributed by atoms with Crippen LogP contribution in [-0.4, -0.2) is 40.9 Å². The number of carbonyl (C=O) groups excluding carboxylic acids is 2. The molecule has 1 unspecified atom stereocenters. The topological polar surface area (TPSA) is 71.5 Å². The summed E-state index contributed by atoms with van der Waals surface area (Å²) in [6, 6.07) is 3.44. The molecular weight excluding hydrogens is 378 g/mol. The van der Waals surface area contributed by atoms with Crippen LogP contribution in [-0.2, 0) is 16.1 Å². The van der Waals surface area contributed by atoms with Crippen LogP contribution in [0.2, 0.25) is 0 Å². The van der Waals surface area contributed by atoms with Crippen LogP contribution in [0.5, 0.6) is 5.88 Å². The van der Waals surface area contributed by atoms with Crippen molar-refractivity contribution in [2.45, 2.75) is 70.9 Å². The van der Waals surface area contributed by atoms with Crippen molar-refractivity contribution in [2.24, 2.45) is 23.2 Å². The number of likely N-dealkylation sites (tertiary alicyclic amines) is 1. The Kier molecular flexibility index (Phi) is 5.19. The molecule has 2 heterocycles. The van der Waals surface area contributed by atoms with Gasteiger partial charge in [-0.1, -0.05) is 6.07 Å². The Morgan fingerprint density at radius 2 is 1.90 bits per heavy atom. The third-order valence-electron chi connectivity index (χ3n) is 7.89. The van der Waals surface area contributed by atoms with E-state index in [4.69, 9.17) is 4.74 Å². The number of hydrogen-bond acceptors (Lipinski definition) is 4. The second-order valence-corrected chi connectivity index (χ2v) is 9.97. The smallest absolute Gasteiger partial charge is 0.243 e. The first kappa shape index (κ1) is 19.8. The Bertz CT molecular complexity index is 788. The molecule has 6 heteroatoms. The van der Waals surface area contributed by atoms with Gasteiger partial charge in [-0.2, -0.15) is 0 Å². The highest BCUT2D eigenvalue weighted by Crippen LogP contribution is 2.60. The van der Waals surface area contributed by atoms with Crippen molar-refractivity contribution in [1.82, 2.24) is 15.2 Å². The zero-order valence-corrected chi connectivity index (χ0v) is 17.9. The summed E-state index contributed by atoms with van der Waals surface area (Å²) in [6.45, 7) is 3.55. The monoisotopic (exact) mass is 411 g/mol. The van der Waals surface area contributed by atoms with E-state index in [0.717, 1.165) is 62.0 Å². The number of nitrogens with one attached hydrogen (secondary N) is 1. The molecule has 6 nitrogen and oxygen atoms in total. The number of pyridine rings is 1. The first-order chi connectivity index (χ1) is 14.6. The molecule has 5 aliphatic rings. The van der Waals surface area contributed by atoms with Crippen molar-refractivity contribution in [3.8, 4) is 5.88 Å². The van der Waals surface area contributed by atoms with Gasteiger partial charge in [0.15, 0.2) is 0 Å². The number of ether oxygens (including phenoxy) is 1. The second kappa shape index (κ2) is 7.86. The molecule has 2 amide bonds. The largest absolute Gasteiger partial charge is 0.478 e. The third kappa shape index (κ3) is 3.48. The van der Waals surface area contributed by atoms with Gasteiger partial charge in [-0.25, -0.2) is 4.98 Å². The van der Waals surface area contributed by atoms with Crippen molar-refractivity contribution in [1.29, 1.82) is 0 Å². The standard InChI is InChI=1S/C24H33N3O3/c1-2-30-22-19(5-3-7-25-22)15-26-21(28)20-6-4-8-27(20)23(29)24-12-16-9-17(13-24)11-18(10-16)14-24/h3,5,7,16-18,20H,2,4,6,8-15H2,1H3,(H,26,28). The highest BCUT2D eigenvalue weighted by atomic mass is 16.5. The first-order valence-corrected chi connectivity index (χ1v) is 11.7. The Labute approximate surface area is 178 Å². The average Bonchev–Trinajstić information content (AvgIpc) is 3.21. The molecule has 1 aromatic rings. The van der Waals surface area contributed by atoms with Crippen LogP contribution in [0.3, 0.4) is 0 Å². The molecule has 4 bridgehead atoms. The van der Waals surface area contributed by atoms with Gasteiger partial charge < -0.3 is 15.0 Å². The van der Waals surface area contributed by atoms with E-state index in [1.54, 1.807) is 6.20 Å². The summed E-state index contributed by atoms with van der Waals surface area (Å²) < 4.78 is 5.56. The molecule has 1 atom stereocenters. The van der Waals surface area contributed by atoms with Crippen molar-refractivity contribution in [3.63, 3.8) is 0 Å². The minimum absolute atomic E-state index is 0.0446. The first-order valence-electron chi connectivity index (χ1n) is 11.7. The lowest BCUT2D eigenvalue weighted by Gasteiger charge is -2.56. The maximum Gasteiger partial charge on any atom is 0.243 e. The van der Waals surface area contributed by atoms with Crippen molar-refractivity contribution < 1.29 is 14.3 Å². The normalized spacial score (nSPS) is 34.2. The molecule has 162 valence electrons. The Morgan fingerprint density at radius 1 is 1.20 bits per heavy atom. The predicted octanol–water partition coefficient (Wildman–Crippen LogP) is 3.30. The number of aromatic nitrogens is 1. The maximum absolute atomic E-state index is 13.7. The van der Waals surface area contributed by atoms with Gasteiger partial charge in [0, 0.05) is 24.8 Å². The Hall–Kier alpha value is -2.11. The lowest BCUT2D eigenvalue weighted by Crippen LogP contribution is -2.57. The van der Waals surface area contributed by atoms with E-state index in [1.165, 1.54) is 19.3 Å². The molecule has 4 aliphatic carbocycles. The van der Waals surface area contributed by atoms with Gasteiger partial charge in [0.1, 0.15) is 6.04 Å². The van der Waals surface area contributed by atoms with Crippen molar-refractivity contribution in [3.05, 3.63) is 23.9 Å². The summed E-state index contributed by atoms with van der Waals surface area (Å²) in [5, 5.41) is 3.05. The fourth-order valence-corrected chi connectivity index (χ4v) is 7.09. The fraction of sp³-hybridized carbons (Fsp3) is 0.708. The van der Waals surface area contributed by atoms with E-state index >= 15 is 0 Å². The van der Waals surface area contributed by atoms with Crippen molar-refractivity contribution in [2.75, 3.05) is 13.2 Å². The molecule has 0 radical (unpaired) electrons. The summed E-state index contributed by atoms with van der Waals surface area (Å²) in [4.78, 5) is 33.0. The van der Waals surface area contributed by atoms with Crippen LogP contribution in [0.4, 0.5) is 0 Å². The molecule has 1 aromatic heterocycles. The number of hydrogen-bond donors (Lipinski definition) is 1. The van der Waals surface area contributed by atoms with Gasteiger partial charge in [0.2, 0.25) is 17.7 Å². The highest BCUT2D eigenvalue weighted by Gasteiger charge is 2.56. The third-order valence-corrected chi connectivity index (χ3v) is 7.89. The van der Waals surface area contributed by atoms with Gasteiger partial charge in [0.05, 0.1) is 12.0 Å². The average molecular weight is 412 g/mol. The summed E-state index contributed by atoms with van der Waals surface area (Å²) in [6.07, 6.45) is 10.5. The van der Waals surface area contributed by atoms with Crippen LogP contribution in [0.1, 0.15) is 63.9 Å². The predicted molar refractivity (Wildman–Crippen MR) is 113 cm³/mol. The number of nitrogens with zero attached hydrogens (tertiary/aromatic N) is 2. The van der Waals surface area contributed by atoms with E-state index < -0.39 is 0 Å². The Morgan fingerprint density at radius 3 is 2.57 bits per heavy atom. The molecule has 6 rings (SSSR count). The molecule has 0 spiro atoms. The van der Waals surface area contributed by atoms with E-state index in [-0.39, 0.29) is 23.3 Å². The lowest BCUT2D eigenvalue weighted by atomic mass is 9.49. The molecule has 5 fully saturated rings. The molecule has 1 saturated heterocycles. The SMILES string of the molecule is CCOc1ncccc1CNC(=O)C1CCCN1C(=O)C12CC3CC(CC(C3)C1)C2. The van der Waals surface area contributed by atoms with Crippen molar-refractivity contribution >= 4 is 11.8 Å². The maximum atomic E-state index is 13.7. The highest BCUT2D eigenvalue weighted by molar-refractivity contribution is 5.91. The summed E-state index contributed by atoms with van der Waals surface area (Å²) >= 11 is 0. The molecule has 30 heavy (non-hydrogen) atoms. The van der Waals surface area contributed by atoms with E-state index in [1.807, 2.05) is 24.0 Å². The van der Waals surface area contributed by atoms with E-state index in [2.05, 4.69) is 10.3 Å². The van der Waals surface area contributed by atoms with Crippen LogP contribution in [0.15, 0.2) is 18.3 Å². The van der Waals surface area contributed by atoms with Crippen LogP contribution in [0.25, 0.3) is 0 Å². The van der Waals surface area contributed by atoms with Crippen LogP contribution < -0.4 is 10.1 Å². The van der Waals surface area contributed by atoms with Gasteiger partial charge in [-0.15, -0.1) is 0 Å².